The van der Waals surface area contributed by atoms with Crippen molar-refractivity contribution in [2.75, 3.05) is 24.2 Å². The van der Waals surface area contributed by atoms with Crippen molar-refractivity contribution in [1.29, 1.82) is 0 Å². The molecule has 1 heterocycles. The molecule has 1 amide bonds. The Morgan fingerprint density at radius 2 is 1.96 bits per heavy atom. The number of carbonyl (C=O) groups is 1. The largest absolute Gasteiger partial charge is 0.497 e. The maximum absolute atomic E-state index is 12.6. The first-order valence-electron chi connectivity index (χ1n) is 7.91. The smallest absolute Gasteiger partial charge is 0.251 e. The van der Waals surface area contributed by atoms with Gasteiger partial charge in [0.2, 0.25) is 10.0 Å². The summed E-state index contributed by atoms with van der Waals surface area (Å²) in [5.41, 5.74) is 1.92. The number of sulfonamides is 1. The van der Waals surface area contributed by atoms with E-state index in [-0.39, 0.29) is 11.9 Å². The van der Waals surface area contributed by atoms with Gasteiger partial charge in [-0.05, 0) is 36.2 Å². The quantitative estimate of drug-likeness (QED) is 0.908. The van der Waals surface area contributed by atoms with Crippen molar-refractivity contribution >= 4 is 21.6 Å². The molecule has 3 rings (SSSR count). The molecule has 25 heavy (non-hydrogen) atoms. The molecule has 1 N–H and O–H groups in total. The predicted molar refractivity (Wildman–Crippen MR) is 96.5 cm³/mol. The number of ether oxygens (including phenoxy) is 1. The third kappa shape index (κ3) is 3.61. The number of para-hydroxylation sites is 1. The highest BCUT2D eigenvalue weighted by atomic mass is 32.2. The molecule has 0 aliphatic carbocycles. The molecular weight excluding hydrogens is 340 g/mol. The number of hydrogen-bond acceptors (Lipinski definition) is 4. The summed E-state index contributed by atoms with van der Waals surface area (Å²) in [6.07, 6.45) is 1.71. The van der Waals surface area contributed by atoms with Gasteiger partial charge in [-0.2, -0.15) is 0 Å². The molecule has 0 radical (unpaired) electrons. The number of nitrogens with one attached hydrogen (secondary N) is 1. The molecule has 7 heteroatoms. The molecule has 0 spiro atoms. The van der Waals surface area contributed by atoms with Gasteiger partial charge in [0.1, 0.15) is 5.75 Å². The Bertz CT molecular complexity index is 895. The lowest BCUT2D eigenvalue weighted by Crippen LogP contribution is -2.40. The zero-order chi connectivity index (χ0) is 18.0. The van der Waals surface area contributed by atoms with Crippen LogP contribution in [0.3, 0.4) is 0 Å². The third-order valence-electron chi connectivity index (χ3n) is 4.24. The molecular formula is C18H20N2O4S. The van der Waals surface area contributed by atoms with Gasteiger partial charge in [-0.1, -0.05) is 24.3 Å². The third-order valence-corrected chi connectivity index (χ3v) is 5.42. The van der Waals surface area contributed by atoms with Crippen LogP contribution in [0.15, 0.2) is 48.5 Å². The summed E-state index contributed by atoms with van der Waals surface area (Å²) >= 11 is 0. The minimum atomic E-state index is -3.35. The zero-order valence-electron chi connectivity index (χ0n) is 14.1. The highest BCUT2D eigenvalue weighted by Gasteiger charge is 2.30. The first-order valence-corrected chi connectivity index (χ1v) is 9.76. The number of rotatable bonds is 4. The van der Waals surface area contributed by atoms with Crippen LogP contribution in [0, 0.1) is 0 Å². The SMILES string of the molecule is COc1cccc(C(=O)NC2CCN(S(C)(=O)=O)c3ccccc32)c1. The monoisotopic (exact) mass is 360 g/mol. The average Bonchev–Trinajstić information content (AvgIpc) is 2.61. The van der Waals surface area contributed by atoms with Crippen LogP contribution in [0.5, 0.6) is 5.75 Å². The summed E-state index contributed by atoms with van der Waals surface area (Å²) in [7, 11) is -1.80. The highest BCUT2D eigenvalue weighted by Crippen LogP contribution is 2.35. The van der Waals surface area contributed by atoms with Gasteiger partial charge in [0.05, 0.1) is 25.1 Å². The lowest BCUT2D eigenvalue weighted by molar-refractivity contribution is 0.0934. The zero-order valence-corrected chi connectivity index (χ0v) is 14.9. The molecule has 1 aliphatic heterocycles. The van der Waals surface area contributed by atoms with Crippen LogP contribution in [0.25, 0.3) is 0 Å². The lowest BCUT2D eigenvalue weighted by atomic mass is 9.97. The van der Waals surface area contributed by atoms with Crippen molar-refractivity contribution in [2.45, 2.75) is 12.5 Å². The fourth-order valence-electron chi connectivity index (χ4n) is 3.03. The summed E-state index contributed by atoms with van der Waals surface area (Å²) in [6, 6.07) is 13.9. The van der Waals surface area contributed by atoms with Crippen LogP contribution >= 0.6 is 0 Å². The van der Waals surface area contributed by atoms with Gasteiger partial charge in [0, 0.05) is 12.1 Å². The van der Waals surface area contributed by atoms with E-state index in [1.807, 2.05) is 12.1 Å². The van der Waals surface area contributed by atoms with Crippen LogP contribution in [0.1, 0.15) is 28.4 Å². The normalized spacial score (nSPS) is 16.9. The average molecular weight is 360 g/mol. The second-order valence-electron chi connectivity index (χ2n) is 5.94. The van der Waals surface area contributed by atoms with E-state index in [1.165, 1.54) is 10.6 Å². The molecule has 0 fully saturated rings. The first-order chi connectivity index (χ1) is 11.9. The standard InChI is InChI=1S/C18H20N2O4S/c1-24-14-7-5-6-13(12-14)18(21)19-16-10-11-20(25(2,22)23)17-9-4-3-8-15(16)17/h3-9,12,16H,10-11H2,1-2H3,(H,19,21). The number of benzene rings is 2. The molecule has 1 aliphatic rings. The lowest BCUT2D eigenvalue weighted by Gasteiger charge is -2.34. The molecule has 132 valence electrons. The summed E-state index contributed by atoms with van der Waals surface area (Å²) < 4.78 is 30.5. The number of amides is 1. The summed E-state index contributed by atoms with van der Waals surface area (Å²) in [5.74, 6) is 0.395. The Labute approximate surface area is 147 Å². The number of fused-ring (bicyclic) bond motifs is 1. The van der Waals surface area contributed by atoms with Gasteiger partial charge in [0.15, 0.2) is 0 Å². The van der Waals surface area contributed by atoms with Gasteiger partial charge >= 0.3 is 0 Å². The van der Waals surface area contributed by atoms with Crippen molar-refractivity contribution in [3.63, 3.8) is 0 Å². The topological polar surface area (TPSA) is 75.7 Å². The van der Waals surface area contributed by atoms with Crippen molar-refractivity contribution in [3.05, 3.63) is 59.7 Å². The van der Waals surface area contributed by atoms with Crippen LogP contribution < -0.4 is 14.4 Å². The van der Waals surface area contributed by atoms with Crippen molar-refractivity contribution in [2.24, 2.45) is 0 Å². The number of carbonyl (C=O) groups excluding carboxylic acids is 1. The van der Waals surface area contributed by atoms with Gasteiger partial charge in [-0.3, -0.25) is 9.10 Å². The molecule has 1 unspecified atom stereocenters. The Kier molecular flexibility index (Phi) is 4.67. The Morgan fingerprint density at radius 1 is 1.20 bits per heavy atom. The molecule has 0 aromatic heterocycles. The van der Waals surface area contributed by atoms with E-state index in [2.05, 4.69) is 5.32 Å². The van der Waals surface area contributed by atoms with E-state index in [9.17, 15) is 13.2 Å². The second kappa shape index (κ2) is 6.76. The van der Waals surface area contributed by atoms with E-state index in [0.717, 1.165) is 5.56 Å². The fraction of sp³-hybridized carbons (Fsp3) is 0.278. The highest BCUT2D eigenvalue weighted by molar-refractivity contribution is 7.92. The van der Waals surface area contributed by atoms with Crippen molar-refractivity contribution in [1.82, 2.24) is 5.32 Å². The number of methoxy groups -OCH3 is 1. The minimum absolute atomic E-state index is 0.216. The van der Waals surface area contributed by atoms with Crippen LogP contribution in [0.2, 0.25) is 0 Å². The van der Waals surface area contributed by atoms with E-state index in [4.69, 9.17) is 4.74 Å². The van der Waals surface area contributed by atoms with Crippen LogP contribution in [-0.2, 0) is 10.0 Å². The van der Waals surface area contributed by atoms with Gasteiger partial charge in [0.25, 0.3) is 5.91 Å². The molecule has 2 aromatic rings. The van der Waals surface area contributed by atoms with Crippen molar-refractivity contribution in [3.8, 4) is 5.75 Å². The molecule has 0 bridgehead atoms. The van der Waals surface area contributed by atoms with E-state index in [0.29, 0.717) is 30.0 Å². The Hall–Kier alpha value is -2.54. The Balaban J connectivity index is 1.87. The molecule has 6 nitrogen and oxygen atoms in total. The Morgan fingerprint density at radius 3 is 2.68 bits per heavy atom. The van der Waals surface area contributed by atoms with E-state index in [1.54, 1.807) is 43.5 Å². The molecule has 0 saturated heterocycles. The predicted octanol–water partition coefficient (Wildman–Crippen LogP) is 2.34. The molecule has 1 atom stereocenters. The number of anilines is 1. The molecule has 0 saturated carbocycles. The van der Waals surface area contributed by atoms with E-state index < -0.39 is 10.0 Å². The first kappa shape index (κ1) is 17.3. The van der Waals surface area contributed by atoms with Gasteiger partial charge < -0.3 is 10.1 Å². The maximum Gasteiger partial charge on any atom is 0.251 e. The van der Waals surface area contributed by atoms with E-state index >= 15 is 0 Å². The summed E-state index contributed by atoms with van der Waals surface area (Å²) in [6.45, 7) is 0.332. The van der Waals surface area contributed by atoms with Gasteiger partial charge in [-0.15, -0.1) is 0 Å². The van der Waals surface area contributed by atoms with Crippen molar-refractivity contribution < 1.29 is 17.9 Å². The fourth-order valence-corrected chi connectivity index (χ4v) is 3.99. The number of hydrogen-bond donors (Lipinski definition) is 1. The number of nitrogens with zero attached hydrogens (tertiary/aromatic N) is 1. The summed E-state index contributed by atoms with van der Waals surface area (Å²) in [5, 5.41) is 3.00. The maximum atomic E-state index is 12.6. The minimum Gasteiger partial charge on any atom is -0.497 e. The van der Waals surface area contributed by atoms with Gasteiger partial charge in [-0.25, -0.2) is 8.42 Å². The van der Waals surface area contributed by atoms with Crippen LogP contribution in [-0.4, -0.2) is 34.2 Å². The summed E-state index contributed by atoms with van der Waals surface area (Å²) in [4.78, 5) is 12.6. The molecule has 2 aromatic carbocycles. The second-order valence-corrected chi connectivity index (χ2v) is 7.85. The van der Waals surface area contributed by atoms with Crippen LogP contribution in [0.4, 0.5) is 5.69 Å².